The first-order chi connectivity index (χ1) is 21.4. The number of allylic oxidation sites excluding steroid dienone is 2. The Balaban J connectivity index is 2.07. The van der Waals surface area contributed by atoms with E-state index in [1.807, 2.05) is 0 Å². The summed E-state index contributed by atoms with van der Waals surface area (Å²) in [6, 6.07) is 6.27. The average Bonchev–Trinajstić information content (AvgIpc) is 3.66. The number of nitrogens with one attached hydrogen (secondary N) is 2. The van der Waals surface area contributed by atoms with Crippen molar-refractivity contribution in [3.63, 3.8) is 0 Å². The minimum Gasteiger partial charge on any atom is -0.437 e. The lowest BCUT2D eigenvalue weighted by molar-refractivity contribution is 0.442. The van der Waals surface area contributed by atoms with Crippen molar-refractivity contribution in [3.8, 4) is 64.1 Å². The largest absolute Gasteiger partial charge is 0.437 e. The standard InChI is InChI=1S/C28H5F8N7O2/c1-7(2-37)27-42-23-13(11-19(33)15(29)9(5-40)16(30)20(11)34)26-24(43-28(45-26)8(3-38)4-39)14(25(23)44-27)12-21(35)17(31)10(6-41)18(32)22(12)36/h42-43H,1H3/b27-7-. The van der Waals surface area contributed by atoms with Crippen LogP contribution in [-0.4, -0.2) is 0 Å². The van der Waals surface area contributed by atoms with Gasteiger partial charge in [-0.3, -0.25) is 0 Å². The molecule has 0 unspecified atom stereocenters. The molecule has 0 bridgehead atoms. The van der Waals surface area contributed by atoms with E-state index in [1.54, 1.807) is 6.07 Å². The average molecular weight is 623 g/mol. The minimum absolute atomic E-state index is 0.342. The molecule has 0 aliphatic carbocycles. The van der Waals surface area contributed by atoms with Crippen LogP contribution in [0.5, 0.6) is 11.5 Å². The van der Waals surface area contributed by atoms with E-state index in [-0.39, 0.29) is 5.57 Å². The molecule has 0 radical (unpaired) electrons. The monoisotopic (exact) mass is 623 g/mol. The first kappa shape index (κ1) is 29.7. The normalized spacial score (nSPS) is 13.4. The van der Waals surface area contributed by atoms with Crippen LogP contribution in [0, 0.1) is 103 Å². The predicted octanol–water partition coefficient (Wildman–Crippen LogP) is 6.50. The number of hydrogen-bond acceptors (Lipinski definition) is 9. The molecule has 0 saturated heterocycles. The second-order valence-electron chi connectivity index (χ2n) is 8.84. The lowest BCUT2D eigenvalue weighted by atomic mass is 9.91. The van der Waals surface area contributed by atoms with Gasteiger partial charge in [0.15, 0.2) is 63.6 Å². The van der Waals surface area contributed by atoms with Crippen LogP contribution in [0.3, 0.4) is 0 Å². The lowest BCUT2D eigenvalue weighted by Gasteiger charge is -2.18. The van der Waals surface area contributed by atoms with Crippen LogP contribution in [0.15, 0.2) is 22.9 Å². The highest BCUT2D eigenvalue weighted by Crippen LogP contribution is 2.61. The number of rotatable bonds is 2. The summed E-state index contributed by atoms with van der Waals surface area (Å²) in [4.78, 5) is 0. The van der Waals surface area contributed by atoms with Gasteiger partial charge in [0.2, 0.25) is 11.8 Å². The Labute approximate surface area is 244 Å². The first-order valence-electron chi connectivity index (χ1n) is 11.7. The van der Waals surface area contributed by atoms with Crippen molar-refractivity contribution >= 4 is 11.4 Å². The Morgan fingerprint density at radius 2 is 0.867 bits per heavy atom. The maximum Gasteiger partial charge on any atom is 0.226 e. The summed E-state index contributed by atoms with van der Waals surface area (Å²) >= 11 is 0. The second-order valence-corrected chi connectivity index (χ2v) is 8.84. The van der Waals surface area contributed by atoms with Gasteiger partial charge in [0.1, 0.15) is 35.4 Å². The highest BCUT2D eigenvalue weighted by molar-refractivity contribution is 6.05. The number of nitriles is 5. The maximum atomic E-state index is 15.5. The Kier molecular flexibility index (Phi) is 6.93. The van der Waals surface area contributed by atoms with E-state index in [4.69, 9.17) is 20.0 Å². The molecule has 0 saturated carbocycles. The molecule has 2 heterocycles. The van der Waals surface area contributed by atoms with Gasteiger partial charge >= 0.3 is 0 Å². The fourth-order valence-corrected chi connectivity index (χ4v) is 4.47. The molecule has 45 heavy (non-hydrogen) atoms. The molecule has 5 rings (SSSR count). The molecule has 0 amide bonds. The van der Waals surface area contributed by atoms with Crippen LogP contribution in [0.1, 0.15) is 18.1 Å². The summed E-state index contributed by atoms with van der Waals surface area (Å²) in [6.07, 6.45) is 0. The molecule has 0 atom stereocenters. The third-order valence-electron chi connectivity index (χ3n) is 6.50. The zero-order valence-corrected chi connectivity index (χ0v) is 21.6. The van der Waals surface area contributed by atoms with Gasteiger partial charge < -0.3 is 20.1 Å². The number of nitrogens with zero attached hydrogens (tertiary/aromatic N) is 5. The van der Waals surface area contributed by atoms with E-state index in [2.05, 4.69) is 10.6 Å². The van der Waals surface area contributed by atoms with Crippen molar-refractivity contribution in [2.45, 2.75) is 6.92 Å². The summed E-state index contributed by atoms with van der Waals surface area (Å²) in [5, 5.41) is 50.6. The van der Waals surface area contributed by atoms with E-state index in [0.29, 0.717) is 0 Å². The van der Waals surface area contributed by atoms with E-state index >= 15 is 17.6 Å². The van der Waals surface area contributed by atoms with Gasteiger partial charge in [0.25, 0.3) is 0 Å². The molecule has 9 nitrogen and oxygen atoms in total. The highest BCUT2D eigenvalue weighted by Gasteiger charge is 2.43. The second kappa shape index (κ2) is 10.5. The Hall–Kier alpha value is -6.77. The van der Waals surface area contributed by atoms with Gasteiger partial charge in [-0.15, -0.1) is 0 Å². The van der Waals surface area contributed by atoms with Crippen LogP contribution >= 0.6 is 0 Å². The summed E-state index contributed by atoms with van der Waals surface area (Å²) in [6.45, 7) is 1.12. The molecule has 3 aromatic carbocycles. The fraction of sp³-hybridized carbons (Fsp3) is 0.0357. The number of ether oxygens (including phenoxy) is 2. The van der Waals surface area contributed by atoms with E-state index in [0.717, 1.165) is 19.1 Å². The first-order valence-corrected chi connectivity index (χ1v) is 11.7. The van der Waals surface area contributed by atoms with Gasteiger partial charge in [0, 0.05) is 0 Å². The van der Waals surface area contributed by atoms with Gasteiger partial charge in [-0.1, -0.05) is 0 Å². The molecule has 2 aliphatic rings. The molecule has 2 aliphatic heterocycles. The number of anilines is 2. The number of fused-ring (bicyclic) bond motifs is 2. The zero-order chi connectivity index (χ0) is 33.1. The summed E-state index contributed by atoms with van der Waals surface area (Å²) < 4.78 is 132. The Morgan fingerprint density at radius 1 is 0.511 bits per heavy atom. The number of hydrogen-bond donors (Lipinski definition) is 2. The molecule has 0 aromatic heterocycles. The van der Waals surface area contributed by atoms with Crippen molar-refractivity contribution in [1.29, 1.82) is 26.3 Å². The van der Waals surface area contributed by atoms with Gasteiger partial charge in [0.05, 0.1) is 45.3 Å². The third-order valence-corrected chi connectivity index (χ3v) is 6.50. The van der Waals surface area contributed by atoms with Crippen LogP contribution in [0.4, 0.5) is 46.5 Å². The zero-order valence-electron chi connectivity index (χ0n) is 21.6. The third kappa shape index (κ3) is 4.02. The van der Waals surface area contributed by atoms with Gasteiger partial charge in [-0.25, -0.2) is 35.1 Å². The summed E-state index contributed by atoms with van der Waals surface area (Å²) in [5.74, 6) is -21.0. The fourth-order valence-electron chi connectivity index (χ4n) is 4.47. The quantitative estimate of drug-likeness (QED) is 0.184. The topological polar surface area (TPSA) is 161 Å². The summed E-state index contributed by atoms with van der Waals surface area (Å²) in [7, 11) is 0. The molecule has 220 valence electrons. The SMILES string of the molecule is C/C(C#N)=C1\Nc2c(c(-c3c(F)c(F)c(C#N)c(F)c3F)c3c(c2-c2c(F)c(F)c(C#N)c(F)c2F)OC(=C(C#N)C#N)N3)O1. The van der Waals surface area contributed by atoms with E-state index in [9.17, 15) is 33.3 Å². The Morgan fingerprint density at radius 3 is 1.20 bits per heavy atom. The smallest absolute Gasteiger partial charge is 0.226 e. The highest BCUT2D eigenvalue weighted by atomic mass is 19.2. The van der Waals surface area contributed by atoms with Crippen LogP contribution in [0.2, 0.25) is 0 Å². The van der Waals surface area contributed by atoms with Crippen LogP contribution in [-0.2, 0) is 0 Å². The van der Waals surface area contributed by atoms with Crippen molar-refractivity contribution in [2.24, 2.45) is 0 Å². The van der Waals surface area contributed by atoms with Gasteiger partial charge in [-0.05, 0) is 6.92 Å². The van der Waals surface area contributed by atoms with Crippen LogP contribution < -0.4 is 20.1 Å². The van der Waals surface area contributed by atoms with Crippen LogP contribution in [0.25, 0.3) is 22.3 Å². The molecular weight excluding hydrogens is 618 g/mol. The number of halogens is 8. The molecule has 2 N–H and O–H groups in total. The molecule has 0 fully saturated rings. The predicted molar refractivity (Wildman–Crippen MR) is 131 cm³/mol. The van der Waals surface area contributed by atoms with Gasteiger partial charge in [-0.2, -0.15) is 26.3 Å². The van der Waals surface area contributed by atoms with Crippen molar-refractivity contribution < 1.29 is 44.6 Å². The van der Waals surface area contributed by atoms with E-state index < -0.39 is 120 Å². The molecular formula is C28H5F8N7O2. The van der Waals surface area contributed by atoms with E-state index in [1.165, 1.54) is 12.1 Å². The number of benzene rings is 3. The molecule has 17 heteroatoms. The Bertz CT molecular complexity index is 2030. The lowest BCUT2D eigenvalue weighted by Crippen LogP contribution is -2.07. The minimum atomic E-state index is -2.20. The van der Waals surface area contributed by atoms with Crippen molar-refractivity contribution in [2.75, 3.05) is 10.6 Å². The maximum absolute atomic E-state index is 15.5. The van der Waals surface area contributed by atoms with Crippen molar-refractivity contribution in [1.82, 2.24) is 0 Å². The molecule has 3 aromatic rings. The molecule has 0 spiro atoms. The van der Waals surface area contributed by atoms with Crippen molar-refractivity contribution in [3.05, 3.63) is 80.6 Å². The summed E-state index contributed by atoms with van der Waals surface area (Å²) in [5.41, 5.74) is -11.7.